The molecule has 1 saturated heterocycles. The standard InChI is InChI=1S/C22H28FN5O3/c1-15(2)9-11-27-13-18(28-14-19(25-26-28)22(30)31-3)12-20(27)21(29)24-10-8-16-4-6-17(23)7-5-16/h4-7,9,14,18,20H,8,10-13H2,1-3H3,(H,24,29)/t18-,20-/m0/s1. The molecule has 0 bridgehead atoms. The molecule has 0 radical (unpaired) electrons. The molecule has 0 unspecified atom stereocenters. The number of nitrogens with zero attached hydrogens (tertiary/aromatic N) is 4. The lowest BCUT2D eigenvalue weighted by Gasteiger charge is -2.22. The second kappa shape index (κ2) is 10.3. The molecule has 9 heteroatoms. The minimum absolute atomic E-state index is 0.0555. The summed E-state index contributed by atoms with van der Waals surface area (Å²) in [6.45, 7) is 5.77. The molecule has 1 aliphatic rings. The molecule has 1 aliphatic heterocycles. The van der Waals surface area contributed by atoms with Crippen LogP contribution in [0, 0.1) is 5.82 Å². The van der Waals surface area contributed by atoms with E-state index in [1.165, 1.54) is 24.8 Å². The van der Waals surface area contributed by atoms with E-state index in [2.05, 4.69) is 31.3 Å². The fraction of sp³-hybridized carbons (Fsp3) is 0.455. The second-order valence-corrected chi connectivity index (χ2v) is 7.88. The number of halogens is 1. The lowest BCUT2D eigenvalue weighted by atomic mass is 10.1. The van der Waals surface area contributed by atoms with Crippen LogP contribution in [0.25, 0.3) is 0 Å². The van der Waals surface area contributed by atoms with Crippen LogP contribution in [0.3, 0.4) is 0 Å². The van der Waals surface area contributed by atoms with E-state index in [-0.39, 0.29) is 29.5 Å². The number of rotatable bonds is 8. The van der Waals surface area contributed by atoms with E-state index in [0.29, 0.717) is 32.5 Å². The van der Waals surface area contributed by atoms with Gasteiger partial charge in [0.2, 0.25) is 5.91 Å². The van der Waals surface area contributed by atoms with E-state index in [4.69, 9.17) is 0 Å². The molecule has 1 amide bonds. The third-order valence-corrected chi connectivity index (χ3v) is 5.32. The van der Waals surface area contributed by atoms with Gasteiger partial charge in [-0.05, 0) is 44.4 Å². The van der Waals surface area contributed by atoms with Crippen molar-refractivity contribution in [2.45, 2.75) is 38.8 Å². The third-order valence-electron chi connectivity index (χ3n) is 5.32. The fourth-order valence-electron chi connectivity index (χ4n) is 3.60. The predicted molar refractivity (Wildman–Crippen MR) is 113 cm³/mol. The number of methoxy groups -OCH3 is 1. The number of hydrogen-bond acceptors (Lipinski definition) is 6. The minimum atomic E-state index is -0.541. The van der Waals surface area contributed by atoms with Gasteiger partial charge in [0.1, 0.15) is 5.82 Å². The number of benzene rings is 1. The molecule has 2 atom stereocenters. The molecule has 8 nitrogen and oxygen atoms in total. The maximum absolute atomic E-state index is 13.0. The molecule has 1 fully saturated rings. The monoisotopic (exact) mass is 429 g/mol. The van der Waals surface area contributed by atoms with Crippen molar-refractivity contribution in [1.82, 2.24) is 25.2 Å². The number of aromatic nitrogens is 3. The first-order chi connectivity index (χ1) is 14.9. The Morgan fingerprint density at radius 2 is 2.03 bits per heavy atom. The van der Waals surface area contributed by atoms with Gasteiger partial charge >= 0.3 is 5.97 Å². The van der Waals surface area contributed by atoms with Crippen LogP contribution in [0.2, 0.25) is 0 Å². The Morgan fingerprint density at radius 1 is 1.29 bits per heavy atom. The summed E-state index contributed by atoms with van der Waals surface area (Å²) in [5, 5.41) is 10.9. The molecule has 1 aromatic carbocycles. The number of carbonyl (C=O) groups excluding carboxylic acids is 2. The first kappa shape index (κ1) is 22.6. The summed E-state index contributed by atoms with van der Waals surface area (Å²) in [6, 6.07) is 5.88. The second-order valence-electron chi connectivity index (χ2n) is 7.88. The van der Waals surface area contributed by atoms with Gasteiger partial charge in [-0.15, -0.1) is 5.10 Å². The van der Waals surface area contributed by atoms with Crippen LogP contribution in [0.5, 0.6) is 0 Å². The predicted octanol–water partition coefficient (Wildman–Crippen LogP) is 2.14. The first-order valence-electron chi connectivity index (χ1n) is 10.3. The maximum Gasteiger partial charge on any atom is 0.360 e. The summed E-state index contributed by atoms with van der Waals surface area (Å²) in [5.41, 5.74) is 2.28. The topological polar surface area (TPSA) is 89.4 Å². The maximum atomic E-state index is 13.0. The van der Waals surface area contributed by atoms with E-state index in [1.54, 1.807) is 23.0 Å². The lowest BCUT2D eigenvalue weighted by molar-refractivity contribution is -0.125. The molecule has 1 aromatic heterocycles. The Balaban J connectivity index is 1.64. The van der Waals surface area contributed by atoms with Crippen LogP contribution in [0.4, 0.5) is 4.39 Å². The van der Waals surface area contributed by atoms with Crippen molar-refractivity contribution in [2.75, 3.05) is 26.7 Å². The van der Waals surface area contributed by atoms with Crippen LogP contribution < -0.4 is 5.32 Å². The number of amides is 1. The van der Waals surface area contributed by atoms with Gasteiger partial charge in [-0.1, -0.05) is 29.0 Å². The van der Waals surface area contributed by atoms with E-state index < -0.39 is 5.97 Å². The number of carbonyl (C=O) groups is 2. The Morgan fingerprint density at radius 3 is 2.71 bits per heavy atom. The number of nitrogens with one attached hydrogen (secondary N) is 1. The van der Waals surface area contributed by atoms with E-state index in [9.17, 15) is 14.0 Å². The van der Waals surface area contributed by atoms with Gasteiger partial charge in [-0.2, -0.15) is 0 Å². The van der Waals surface area contributed by atoms with Crippen LogP contribution >= 0.6 is 0 Å². The van der Waals surface area contributed by atoms with E-state index >= 15 is 0 Å². The molecule has 2 aromatic rings. The van der Waals surface area contributed by atoms with Crippen molar-refractivity contribution in [2.24, 2.45) is 0 Å². The van der Waals surface area contributed by atoms with Crippen molar-refractivity contribution < 1.29 is 18.7 Å². The Bertz CT molecular complexity index is 937. The van der Waals surface area contributed by atoms with Gasteiger partial charge in [0.05, 0.1) is 25.4 Å². The molecule has 166 valence electrons. The van der Waals surface area contributed by atoms with Crippen LogP contribution in [-0.2, 0) is 16.0 Å². The van der Waals surface area contributed by atoms with Crippen molar-refractivity contribution in [3.63, 3.8) is 0 Å². The third kappa shape index (κ3) is 5.97. The van der Waals surface area contributed by atoms with Gasteiger partial charge in [0.25, 0.3) is 0 Å². The summed E-state index contributed by atoms with van der Waals surface area (Å²) in [6.07, 6.45) is 4.83. The molecule has 0 saturated carbocycles. The highest BCUT2D eigenvalue weighted by Gasteiger charge is 2.37. The number of likely N-dealkylation sites (tertiary alicyclic amines) is 1. The van der Waals surface area contributed by atoms with Crippen LogP contribution in [0.1, 0.15) is 42.4 Å². The average molecular weight is 429 g/mol. The smallest absolute Gasteiger partial charge is 0.360 e. The van der Waals surface area contributed by atoms with Gasteiger partial charge in [-0.3, -0.25) is 9.69 Å². The fourth-order valence-corrected chi connectivity index (χ4v) is 3.60. The van der Waals surface area contributed by atoms with Gasteiger partial charge < -0.3 is 10.1 Å². The van der Waals surface area contributed by atoms with Gasteiger partial charge in [-0.25, -0.2) is 13.9 Å². The SMILES string of the molecule is COC(=O)c1cn([C@H]2C[C@@H](C(=O)NCCc3ccc(F)cc3)N(CC=C(C)C)C2)nn1. The van der Waals surface area contributed by atoms with Crippen molar-refractivity contribution in [1.29, 1.82) is 0 Å². The zero-order valence-electron chi connectivity index (χ0n) is 18.0. The van der Waals surface area contributed by atoms with Gasteiger partial charge in [0, 0.05) is 19.6 Å². The molecular weight excluding hydrogens is 401 g/mol. The van der Waals surface area contributed by atoms with Crippen LogP contribution in [0.15, 0.2) is 42.1 Å². The van der Waals surface area contributed by atoms with Crippen molar-refractivity contribution >= 4 is 11.9 Å². The molecule has 0 spiro atoms. The Labute approximate surface area is 181 Å². The molecule has 31 heavy (non-hydrogen) atoms. The first-order valence-corrected chi connectivity index (χ1v) is 10.3. The normalized spacial score (nSPS) is 18.6. The summed E-state index contributed by atoms with van der Waals surface area (Å²) < 4.78 is 19.4. The zero-order valence-corrected chi connectivity index (χ0v) is 18.0. The van der Waals surface area contributed by atoms with Crippen LogP contribution in [-0.4, -0.2) is 64.6 Å². The number of allylic oxidation sites excluding steroid dienone is 1. The lowest BCUT2D eigenvalue weighted by Crippen LogP contribution is -2.43. The molecule has 0 aliphatic carbocycles. The quantitative estimate of drug-likeness (QED) is 0.511. The highest BCUT2D eigenvalue weighted by molar-refractivity contribution is 5.86. The molecule has 3 rings (SSSR count). The number of hydrogen-bond donors (Lipinski definition) is 1. The number of esters is 1. The summed E-state index contributed by atoms with van der Waals surface area (Å²) in [5.74, 6) is -0.871. The highest BCUT2D eigenvalue weighted by Crippen LogP contribution is 2.27. The van der Waals surface area contributed by atoms with Crippen molar-refractivity contribution in [3.8, 4) is 0 Å². The largest absolute Gasteiger partial charge is 0.464 e. The zero-order chi connectivity index (χ0) is 22.4. The number of ether oxygens (including phenoxy) is 1. The minimum Gasteiger partial charge on any atom is -0.464 e. The average Bonchev–Trinajstić information content (AvgIpc) is 3.40. The van der Waals surface area contributed by atoms with Gasteiger partial charge in [0.15, 0.2) is 5.69 Å². The molecule has 2 heterocycles. The van der Waals surface area contributed by atoms with Crippen molar-refractivity contribution in [3.05, 3.63) is 59.2 Å². The highest BCUT2D eigenvalue weighted by atomic mass is 19.1. The summed E-state index contributed by atoms with van der Waals surface area (Å²) >= 11 is 0. The summed E-state index contributed by atoms with van der Waals surface area (Å²) in [7, 11) is 1.30. The van der Waals surface area contributed by atoms with E-state index in [1.807, 2.05) is 13.8 Å². The van der Waals surface area contributed by atoms with E-state index in [0.717, 1.165) is 5.56 Å². The molecular formula is C22H28FN5O3. The summed E-state index contributed by atoms with van der Waals surface area (Å²) in [4.78, 5) is 26.7. The Hall–Kier alpha value is -3.07. The Kier molecular flexibility index (Phi) is 7.51. The molecule has 1 N–H and O–H groups in total.